The lowest BCUT2D eigenvalue weighted by Crippen LogP contribution is -2.24. The first-order valence-corrected chi connectivity index (χ1v) is 6.18. The van der Waals surface area contributed by atoms with Crippen LogP contribution in [0.1, 0.15) is 25.3 Å². The molecule has 0 aromatic carbocycles. The summed E-state index contributed by atoms with van der Waals surface area (Å²) in [6.07, 6.45) is -1.01. The highest BCUT2D eigenvalue weighted by atomic mass is 19.3. The summed E-state index contributed by atoms with van der Waals surface area (Å²) in [7, 11) is 0. The van der Waals surface area contributed by atoms with Crippen molar-refractivity contribution in [2.75, 3.05) is 0 Å². The highest BCUT2D eigenvalue weighted by Crippen LogP contribution is 2.17. The van der Waals surface area contributed by atoms with Crippen LogP contribution in [0.3, 0.4) is 0 Å². The van der Waals surface area contributed by atoms with Crippen LogP contribution in [0.4, 0.5) is 8.78 Å². The maximum atomic E-state index is 12.3. The Morgan fingerprint density at radius 2 is 1.95 bits per heavy atom. The molecule has 6 nitrogen and oxygen atoms in total. The molecule has 0 amide bonds. The Morgan fingerprint density at radius 3 is 2.62 bits per heavy atom. The molecular weight excluding hydrogens is 286 g/mol. The van der Waals surface area contributed by atoms with Gasteiger partial charge in [0.15, 0.2) is 0 Å². The van der Waals surface area contributed by atoms with Crippen LogP contribution in [0, 0.1) is 0 Å². The highest BCUT2D eigenvalue weighted by molar-refractivity contribution is 5.75. The van der Waals surface area contributed by atoms with E-state index in [0.717, 1.165) is 6.07 Å². The average molecular weight is 298 g/mol. The van der Waals surface area contributed by atoms with Gasteiger partial charge in [-0.3, -0.25) is 14.8 Å². The SMILES string of the molecule is CC(CCCc1cc(=O)oc2[nH]c(=O)[nH]c(=O)c12)=C(F)F. The normalized spacial score (nSPS) is 10.8. The van der Waals surface area contributed by atoms with E-state index in [1.807, 2.05) is 4.98 Å². The minimum Gasteiger partial charge on any atom is -0.405 e. The summed E-state index contributed by atoms with van der Waals surface area (Å²) in [5, 5.41) is 0.0524. The van der Waals surface area contributed by atoms with Gasteiger partial charge in [0, 0.05) is 6.07 Å². The van der Waals surface area contributed by atoms with Gasteiger partial charge in [-0.05, 0) is 37.3 Å². The lowest BCUT2D eigenvalue weighted by atomic mass is 10.0. The molecule has 0 aliphatic carbocycles. The monoisotopic (exact) mass is 298 g/mol. The van der Waals surface area contributed by atoms with Crippen molar-refractivity contribution in [3.05, 3.63) is 54.5 Å². The lowest BCUT2D eigenvalue weighted by molar-refractivity contribution is 0.407. The lowest BCUT2D eigenvalue weighted by Gasteiger charge is -2.04. The average Bonchev–Trinajstić information content (AvgIpc) is 2.36. The molecule has 0 bridgehead atoms. The number of H-pyrrole nitrogens is 2. The van der Waals surface area contributed by atoms with E-state index >= 15 is 0 Å². The van der Waals surface area contributed by atoms with Crippen molar-refractivity contribution < 1.29 is 13.2 Å². The van der Waals surface area contributed by atoms with E-state index in [1.54, 1.807) is 0 Å². The number of halogens is 2. The quantitative estimate of drug-likeness (QED) is 0.897. The summed E-state index contributed by atoms with van der Waals surface area (Å²) in [6.45, 7) is 1.32. The van der Waals surface area contributed by atoms with E-state index < -0.39 is 23.0 Å². The van der Waals surface area contributed by atoms with Crippen LogP contribution < -0.4 is 16.9 Å². The molecule has 0 radical (unpaired) electrons. The number of nitrogens with one attached hydrogen (secondary N) is 2. The van der Waals surface area contributed by atoms with E-state index in [-0.39, 0.29) is 29.5 Å². The van der Waals surface area contributed by atoms with Crippen LogP contribution in [-0.4, -0.2) is 9.97 Å². The summed E-state index contributed by atoms with van der Waals surface area (Å²) in [4.78, 5) is 38.6. The fraction of sp³-hybridized carbons (Fsp3) is 0.308. The fourth-order valence-electron chi connectivity index (χ4n) is 2.01. The van der Waals surface area contributed by atoms with Crippen LogP contribution >= 0.6 is 0 Å². The van der Waals surface area contributed by atoms with Crippen molar-refractivity contribution >= 4 is 11.1 Å². The molecule has 8 heteroatoms. The third-order valence-corrected chi connectivity index (χ3v) is 3.04. The molecule has 0 saturated carbocycles. The summed E-state index contributed by atoms with van der Waals surface area (Å²) in [5.41, 5.74) is -2.09. The molecule has 0 saturated heterocycles. The Balaban J connectivity index is 2.40. The predicted molar refractivity (Wildman–Crippen MR) is 71.6 cm³/mol. The van der Waals surface area contributed by atoms with Gasteiger partial charge in [-0.2, -0.15) is 8.78 Å². The number of hydrogen-bond acceptors (Lipinski definition) is 4. The molecule has 0 aliphatic heterocycles. The van der Waals surface area contributed by atoms with Gasteiger partial charge in [-0.15, -0.1) is 0 Å². The maximum Gasteiger partial charge on any atom is 0.337 e. The minimum atomic E-state index is -1.73. The van der Waals surface area contributed by atoms with Gasteiger partial charge in [0.05, 0.1) is 0 Å². The molecular formula is C13H12F2N2O4. The molecule has 2 aromatic heterocycles. The van der Waals surface area contributed by atoms with Gasteiger partial charge in [-0.25, -0.2) is 9.59 Å². The van der Waals surface area contributed by atoms with Crippen molar-refractivity contribution in [3.63, 3.8) is 0 Å². The van der Waals surface area contributed by atoms with Gasteiger partial charge >= 0.3 is 11.3 Å². The second kappa shape index (κ2) is 5.86. The first-order valence-electron chi connectivity index (χ1n) is 6.18. The number of aromatic nitrogens is 2. The Morgan fingerprint density at radius 1 is 1.24 bits per heavy atom. The van der Waals surface area contributed by atoms with Crippen LogP contribution in [0.15, 0.2) is 36.5 Å². The molecule has 2 N–H and O–H groups in total. The smallest absolute Gasteiger partial charge is 0.337 e. The number of rotatable bonds is 4. The largest absolute Gasteiger partial charge is 0.405 e. The van der Waals surface area contributed by atoms with Gasteiger partial charge in [-0.1, -0.05) is 0 Å². The molecule has 0 unspecified atom stereocenters. The van der Waals surface area contributed by atoms with Crippen molar-refractivity contribution in [1.82, 2.24) is 9.97 Å². The number of hydrogen-bond donors (Lipinski definition) is 2. The van der Waals surface area contributed by atoms with Gasteiger partial charge in [0.2, 0.25) is 5.71 Å². The standard InChI is InChI=1S/C13H12F2N2O4/c1-6(10(14)15)3-2-4-7-5-8(18)21-12-9(7)11(19)16-13(20)17-12/h5H,2-4H2,1H3,(H2,16,17,19,20). The maximum absolute atomic E-state index is 12.3. The summed E-state index contributed by atoms with van der Waals surface area (Å²) in [5.74, 6) is 0. The van der Waals surface area contributed by atoms with Gasteiger partial charge in [0.25, 0.3) is 11.6 Å². The van der Waals surface area contributed by atoms with E-state index in [2.05, 4.69) is 4.98 Å². The zero-order valence-electron chi connectivity index (χ0n) is 11.1. The van der Waals surface area contributed by atoms with E-state index in [0.29, 0.717) is 12.0 Å². The summed E-state index contributed by atoms with van der Waals surface area (Å²) >= 11 is 0. The molecule has 0 fully saturated rings. The predicted octanol–water partition coefficient (Wildman–Crippen LogP) is 1.66. The molecule has 2 rings (SSSR count). The van der Waals surface area contributed by atoms with Gasteiger partial charge in [0.1, 0.15) is 5.39 Å². The zero-order valence-corrected chi connectivity index (χ0v) is 11.1. The van der Waals surface area contributed by atoms with Crippen molar-refractivity contribution in [2.45, 2.75) is 26.2 Å². The number of allylic oxidation sites excluding steroid dienone is 1. The van der Waals surface area contributed by atoms with E-state index in [9.17, 15) is 23.2 Å². The van der Waals surface area contributed by atoms with E-state index in [1.165, 1.54) is 6.92 Å². The fourth-order valence-corrected chi connectivity index (χ4v) is 2.01. The minimum absolute atomic E-state index is 0.0374. The van der Waals surface area contributed by atoms with Crippen LogP contribution in [0.25, 0.3) is 11.1 Å². The Labute approximate surface area is 116 Å². The number of aromatic amines is 2. The molecule has 0 spiro atoms. The Hall–Kier alpha value is -2.51. The van der Waals surface area contributed by atoms with Crippen LogP contribution in [0.2, 0.25) is 0 Å². The number of aryl methyl sites for hydroxylation is 1. The number of fused-ring (bicyclic) bond motifs is 1. The first kappa shape index (κ1) is 14.9. The Kier molecular flexibility index (Phi) is 4.15. The molecule has 0 atom stereocenters. The zero-order chi connectivity index (χ0) is 15.6. The van der Waals surface area contributed by atoms with Crippen molar-refractivity contribution in [2.24, 2.45) is 0 Å². The third-order valence-electron chi connectivity index (χ3n) is 3.04. The van der Waals surface area contributed by atoms with Crippen LogP contribution in [0.5, 0.6) is 0 Å². The second-order valence-corrected chi connectivity index (χ2v) is 4.60. The first-order chi connectivity index (χ1) is 9.88. The second-order valence-electron chi connectivity index (χ2n) is 4.60. The van der Waals surface area contributed by atoms with Crippen molar-refractivity contribution in [1.29, 1.82) is 0 Å². The summed E-state index contributed by atoms with van der Waals surface area (Å²) in [6, 6.07) is 1.13. The summed E-state index contributed by atoms with van der Waals surface area (Å²) < 4.78 is 29.4. The van der Waals surface area contributed by atoms with Crippen LogP contribution in [-0.2, 0) is 6.42 Å². The molecule has 2 heterocycles. The molecule has 112 valence electrons. The topological polar surface area (TPSA) is 95.9 Å². The van der Waals surface area contributed by atoms with Gasteiger partial charge < -0.3 is 4.42 Å². The Bertz CT molecular complexity index is 867. The highest BCUT2D eigenvalue weighted by Gasteiger charge is 2.11. The molecule has 0 aliphatic rings. The van der Waals surface area contributed by atoms with Crippen molar-refractivity contribution in [3.8, 4) is 0 Å². The molecule has 21 heavy (non-hydrogen) atoms. The molecule has 2 aromatic rings. The third kappa shape index (κ3) is 3.33. The van der Waals surface area contributed by atoms with E-state index in [4.69, 9.17) is 4.42 Å².